The topological polar surface area (TPSA) is 8.17 Å². The maximum atomic E-state index is 2.46. The van der Waals surface area contributed by atoms with Crippen molar-refractivity contribution < 1.29 is 0 Å². The van der Waals surface area contributed by atoms with Gasteiger partial charge in [-0.3, -0.25) is 0 Å². The van der Waals surface area contributed by atoms with E-state index in [0.29, 0.717) is 0 Å². The van der Waals surface area contributed by atoms with Gasteiger partial charge in [-0.2, -0.15) is 0 Å². The monoisotopic (exact) mass is 734 g/mol. The van der Waals surface area contributed by atoms with Crippen LogP contribution in [0.15, 0.2) is 188 Å². The Bertz CT molecular complexity index is 2940. The summed E-state index contributed by atoms with van der Waals surface area (Å²) in [5.74, 6) is 0. The summed E-state index contributed by atoms with van der Waals surface area (Å²) in [6.07, 6.45) is 0. The summed E-state index contributed by atoms with van der Waals surface area (Å²) in [6.45, 7) is 11.5. The second-order valence-corrected chi connectivity index (χ2v) is 17.0. The molecule has 10 rings (SSSR count). The Labute approximate surface area is 336 Å². The summed E-state index contributed by atoms with van der Waals surface area (Å²) >= 11 is 0. The predicted octanol–water partition coefficient (Wildman–Crippen LogP) is 15.2. The molecule has 2 nitrogen and oxygen atoms in total. The molecular formula is C55H46N2. The minimum atomic E-state index is -0.0810. The lowest BCUT2D eigenvalue weighted by Crippen LogP contribution is -2.16. The van der Waals surface area contributed by atoms with Gasteiger partial charge in [0.25, 0.3) is 0 Å². The van der Waals surface area contributed by atoms with E-state index in [0.717, 1.165) is 22.7 Å². The summed E-state index contributed by atoms with van der Waals surface area (Å²) in [4.78, 5) is 2.39. The number of aromatic nitrogens is 1. The normalized spacial score (nSPS) is 13.1. The van der Waals surface area contributed by atoms with Crippen molar-refractivity contribution in [2.24, 2.45) is 0 Å². The molecule has 1 aliphatic carbocycles. The summed E-state index contributed by atoms with van der Waals surface area (Å²) in [5, 5.41) is 2.54. The van der Waals surface area contributed by atoms with Crippen LogP contribution in [0, 0.1) is 0 Å². The molecule has 0 bridgehead atoms. The molecule has 0 radical (unpaired) electrons. The van der Waals surface area contributed by atoms with Crippen molar-refractivity contribution >= 4 is 38.9 Å². The van der Waals surface area contributed by atoms with E-state index in [1.54, 1.807) is 0 Å². The molecule has 0 saturated heterocycles. The number of benzene rings is 8. The number of fused-ring (bicyclic) bond motifs is 6. The standard InChI is InChI=1S/C55H46N2/c1-54(2,3)39-30-26-38(27-31-39)44-21-15-25-52-53(44)47-20-11-14-24-51(47)57(52)50-23-13-10-18-43(50)37-28-32-41(33-29-37)56(40-16-7-6-8-17-40)42-34-35-46-45-19-9-12-22-48(45)55(4,5)49(46)36-42/h6-36H,1-5H3. The van der Waals surface area contributed by atoms with Gasteiger partial charge in [0.15, 0.2) is 0 Å². The summed E-state index contributed by atoms with van der Waals surface area (Å²) in [5.41, 5.74) is 18.6. The van der Waals surface area contributed by atoms with Crippen molar-refractivity contribution in [1.82, 2.24) is 4.57 Å². The van der Waals surface area contributed by atoms with Gasteiger partial charge in [-0.15, -0.1) is 0 Å². The molecule has 57 heavy (non-hydrogen) atoms. The van der Waals surface area contributed by atoms with Gasteiger partial charge in [0.05, 0.1) is 16.7 Å². The van der Waals surface area contributed by atoms with Crippen LogP contribution >= 0.6 is 0 Å². The van der Waals surface area contributed by atoms with E-state index >= 15 is 0 Å². The molecule has 0 N–H and O–H groups in total. The van der Waals surface area contributed by atoms with Crippen molar-refractivity contribution in [2.45, 2.75) is 45.4 Å². The van der Waals surface area contributed by atoms with E-state index in [2.05, 4.69) is 232 Å². The number of hydrogen-bond acceptors (Lipinski definition) is 1. The third kappa shape index (κ3) is 5.70. The average Bonchev–Trinajstić information content (AvgIpc) is 3.70. The van der Waals surface area contributed by atoms with Gasteiger partial charge < -0.3 is 9.47 Å². The fraction of sp³-hybridized carbons (Fsp3) is 0.127. The van der Waals surface area contributed by atoms with Crippen molar-refractivity contribution in [3.63, 3.8) is 0 Å². The lowest BCUT2D eigenvalue weighted by Gasteiger charge is -2.28. The van der Waals surface area contributed by atoms with Crippen LogP contribution in [0.4, 0.5) is 17.1 Å². The zero-order chi connectivity index (χ0) is 38.9. The molecule has 0 atom stereocenters. The minimum Gasteiger partial charge on any atom is -0.310 e. The molecule has 0 spiro atoms. The highest BCUT2D eigenvalue weighted by atomic mass is 15.1. The lowest BCUT2D eigenvalue weighted by atomic mass is 9.82. The van der Waals surface area contributed by atoms with E-state index in [-0.39, 0.29) is 10.8 Å². The second-order valence-electron chi connectivity index (χ2n) is 17.0. The lowest BCUT2D eigenvalue weighted by molar-refractivity contribution is 0.590. The highest BCUT2D eigenvalue weighted by Gasteiger charge is 2.35. The average molecular weight is 735 g/mol. The molecule has 276 valence electrons. The van der Waals surface area contributed by atoms with Gasteiger partial charge in [0.2, 0.25) is 0 Å². The zero-order valence-electron chi connectivity index (χ0n) is 33.3. The van der Waals surface area contributed by atoms with Crippen LogP contribution < -0.4 is 4.90 Å². The van der Waals surface area contributed by atoms with Crippen molar-refractivity contribution in [3.8, 4) is 39.1 Å². The van der Waals surface area contributed by atoms with Gasteiger partial charge in [-0.05, 0) is 105 Å². The van der Waals surface area contributed by atoms with E-state index in [1.165, 1.54) is 71.9 Å². The molecule has 0 unspecified atom stereocenters. The fourth-order valence-corrected chi connectivity index (χ4v) is 9.23. The first-order chi connectivity index (χ1) is 27.7. The minimum absolute atomic E-state index is 0.0810. The van der Waals surface area contributed by atoms with E-state index in [9.17, 15) is 0 Å². The van der Waals surface area contributed by atoms with Crippen LogP contribution in [0.25, 0.3) is 60.9 Å². The Hall–Kier alpha value is -6.64. The number of para-hydroxylation sites is 3. The van der Waals surface area contributed by atoms with Gasteiger partial charge in [0.1, 0.15) is 0 Å². The molecular weight excluding hydrogens is 689 g/mol. The molecule has 0 fully saturated rings. The molecule has 1 aromatic heterocycles. The molecule has 0 saturated carbocycles. The summed E-state index contributed by atoms with van der Waals surface area (Å²) in [6, 6.07) is 69.3. The second kappa shape index (κ2) is 13.2. The highest BCUT2D eigenvalue weighted by Crippen LogP contribution is 2.51. The first-order valence-electron chi connectivity index (χ1n) is 20.1. The zero-order valence-corrected chi connectivity index (χ0v) is 33.3. The van der Waals surface area contributed by atoms with Crippen molar-refractivity contribution in [2.75, 3.05) is 4.90 Å². The van der Waals surface area contributed by atoms with Crippen LogP contribution in [0.2, 0.25) is 0 Å². The predicted molar refractivity (Wildman–Crippen MR) is 243 cm³/mol. The molecule has 0 aliphatic heterocycles. The third-order valence-electron chi connectivity index (χ3n) is 12.2. The first-order valence-corrected chi connectivity index (χ1v) is 20.1. The Kier molecular flexibility index (Phi) is 8.09. The van der Waals surface area contributed by atoms with Crippen LogP contribution in [-0.2, 0) is 10.8 Å². The van der Waals surface area contributed by atoms with Crippen LogP contribution in [0.1, 0.15) is 51.3 Å². The van der Waals surface area contributed by atoms with Gasteiger partial charge >= 0.3 is 0 Å². The van der Waals surface area contributed by atoms with Gasteiger partial charge in [-0.25, -0.2) is 0 Å². The maximum Gasteiger partial charge on any atom is 0.0547 e. The molecule has 1 aliphatic rings. The first kappa shape index (κ1) is 34.8. The Balaban J connectivity index is 1.08. The van der Waals surface area contributed by atoms with Crippen molar-refractivity contribution in [1.29, 1.82) is 0 Å². The maximum absolute atomic E-state index is 2.46. The fourth-order valence-electron chi connectivity index (χ4n) is 9.23. The van der Waals surface area contributed by atoms with Gasteiger partial charge in [-0.1, -0.05) is 168 Å². The summed E-state index contributed by atoms with van der Waals surface area (Å²) in [7, 11) is 0. The number of nitrogens with zero attached hydrogens (tertiary/aromatic N) is 2. The third-order valence-corrected chi connectivity index (χ3v) is 12.2. The van der Waals surface area contributed by atoms with E-state index in [4.69, 9.17) is 0 Å². The SMILES string of the molecule is CC(C)(C)c1ccc(-c2cccc3c2c2ccccc2n3-c2ccccc2-c2ccc(N(c3ccccc3)c3ccc4c(c3)C(C)(C)c3ccccc3-4)cc2)cc1. The number of anilines is 3. The Morgan fingerprint density at radius 1 is 0.439 bits per heavy atom. The number of hydrogen-bond donors (Lipinski definition) is 0. The van der Waals surface area contributed by atoms with E-state index < -0.39 is 0 Å². The molecule has 9 aromatic rings. The van der Waals surface area contributed by atoms with Crippen LogP contribution in [0.5, 0.6) is 0 Å². The van der Waals surface area contributed by atoms with Gasteiger partial charge in [0, 0.05) is 38.8 Å². The molecule has 2 heteroatoms. The van der Waals surface area contributed by atoms with Crippen molar-refractivity contribution in [3.05, 3.63) is 205 Å². The Morgan fingerprint density at radius 3 is 1.77 bits per heavy atom. The summed E-state index contributed by atoms with van der Waals surface area (Å²) < 4.78 is 2.46. The smallest absolute Gasteiger partial charge is 0.0547 e. The Morgan fingerprint density at radius 2 is 1.00 bits per heavy atom. The largest absolute Gasteiger partial charge is 0.310 e. The number of rotatable bonds is 6. The van der Waals surface area contributed by atoms with Crippen LogP contribution in [0.3, 0.4) is 0 Å². The molecule has 1 heterocycles. The molecule has 8 aromatic carbocycles. The van der Waals surface area contributed by atoms with E-state index in [1.807, 2.05) is 0 Å². The van der Waals surface area contributed by atoms with Crippen LogP contribution in [-0.4, -0.2) is 4.57 Å². The highest BCUT2D eigenvalue weighted by molar-refractivity contribution is 6.16. The molecule has 0 amide bonds. The quantitative estimate of drug-likeness (QED) is 0.165.